The zero-order valence-electron chi connectivity index (χ0n) is 20.4. The minimum absolute atomic E-state index is 0.161. The zero-order valence-corrected chi connectivity index (χ0v) is 22.1. The largest absolute Gasteiger partial charge is 0.428 e. The molecule has 0 saturated carbocycles. The lowest BCUT2D eigenvalue weighted by Gasteiger charge is -2.40. The van der Waals surface area contributed by atoms with Crippen LogP contribution in [0.15, 0.2) is 51.9 Å². The molecule has 2 atom stereocenters. The Hall–Kier alpha value is -2.89. The van der Waals surface area contributed by atoms with Crippen molar-refractivity contribution in [2.24, 2.45) is 10.9 Å². The SMILES string of the molecule is C=C(N/C(C)=N\N)C(O)(c1ccc(S(=O)(=O)N2CCN(c3ccc(F)cc3C(F)(F)F)C[C@H]2C)s1)C(F)(F)F. The molecule has 216 valence electrons. The Balaban J connectivity index is 1.90. The number of alkyl halides is 6. The molecule has 1 fully saturated rings. The van der Waals surface area contributed by atoms with Crippen molar-refractivity contribution >= 4 is 32.9 Å². The van der Waals surface area contributed by atoms with Crippen molar-refractivity contribution in [1.82, 2.24) is 9.62 Å². The fraction of sp³-hybridized carbons (Fsp3) is 0.409. The van der Waals surface area contributed by atoms with Crippen molar-refractivity contribution in [3.05, 3.63) is 58.9 Å². The van der Waals surface area contributed by atoms with Crippen molar-refractivity contribution < 1.29 is 44.3 Å². The van der Waals surface area contributed by atoms with Gasteiger partial charge in [0.05, 0.1) is 16.1 Å². The molecule has 2 heterocycles. The summed E-state index contributed by atoms with van der Waals surface area (Å²) in [5, 5.41) is 15.9. The minimum Gasteiger partial charge on any atom is -0.370 e. The van der Waals surface area contributed by atoms with Crippen LogP contribution in [0.1, 0.15) is 24.3 Å². The Kier molecular flexibility index (Phi) is 8.32. The molecule has 2 aromatic rings. The van der Waals surface area contributed by atoms with E-state index >= 15 is 0 Å². The van der Waals surface area contributed by atoms with E-state index in [2.05, 4.69) is 17.0 Å². The van der Waals surface area contributed by atoms with Crippen LogP contribution in [0.5, 0.6) is 0 Å². The summed E-state index contributed by atoms with van der Waals surface area (Å²) in [6.07, 6.45) is -10.2. The number of halogens is 7. The first-order valence-corrected chi connectivity index (χ1v) is 13.3. The van der Waals surface area contributed by atoms with Gasteiger partial charge in [-0.1, -0.05) is 6.58 Å². The molecule has 3 rings (SSSR count). The molecular weight excluding hydrogens is 579 g/mol. The van der Waals surface area contributed by atoms with Crippen molar-refractivity contribution in [3.8, 4) is 0 Å². The number of anilines is 1. The molecule has 0 spiro atoms. The standard InChI is InChI=1S/C22H24F7N5O3S2/c1-12-11-33(17-5-4-15(23)10-16(17)21(24,25)26)8-9-34(12)39(36,37)19-7-6-18(38-19)20(35,22(27,28)29)13(2)31-14(3)32-30/h4-7,10,12,35H,2,8-9,11,30H2,1,3H3,(H,31,32)/t12-,20?/m1/s1. The number of nitrogens with two attached hydrogens (primary N) is 1. The van der Waals surface area contributed by atoms with Crippen molar-refractivity contribution in [1.29, 1.82) is 0 Å². The third-order valence-corrected chi connectivity index (χ3v) is 9.72. The average Bonchev–Trinajstić information content (AvgIpc) is 3.33. The monoisotopic (exact) mass is 603 g/mol. The molecule has 1 aromatic heterocycles. The maximum atomic E-state index is 14.0. The third kappa shape index (κ3) is 5.85. The number of hydrogen-bond acceptors (Lipinski definition) is 7. The van der Waals surface area contributed by atoms with Gasteiger partial charge < -0.3 is 21.2 Å². The Bertz CT molecular complexity index is 1370. The number of rotatable bonds is 6. The topological polar surface area (TPSA) is 111 Å². The summed E-state index contributed by atoms with van der Waals surface area (Å²) >= 11 is 0.161. The number of benzene rings is 1. The van der Waals surface area contributed by atoms with Gasteiger partial charge >= 0.3 is 12.4 Å². The van der Waals surface area contributed by atoms with Crippen LogP contribution in [-0.2, 0) is 21.8 Å². The number of nitrogens with one attached hydrogen (secondary N) is 1. The predicted molar refractivity (Wildman–Crippen MR) is 131 cm³/mol. The van der Waals surface area contributed by atoms with Crippen molar-refractivity contribution in [2.45, 2.75) is 42.1 Å². The summed E-state index contributed by atoms with van der Waals surface area (Å²) in [5.74, 6) is 3.73. The lowest BCUT2D eigenvalue weighted by atomic mass is 9.97. The molecule has 17 heteroatoms. The van der Waals surface area contributed by atoms with Crippen LogP contribution in [-0.4, -0.2) is 55.5 Å². The maximum absolute atomic E-state index is 14.0. The fourth-order valence-electron chi connectivity index (χ4n) is 4.10. The molecule has 8 nitrogen and oxygen atoms in total. The van der Waals surface area contributed by atoms with Crippen molar-refractivity contribution in [3.63, 3.8) is 0 Å². The average molecular weight is 604 g/mol. The fourth-order valence-corrected chi connectivity index (χ4v) is 7.28. The molecule has 1 aliphatic rings. The van der Waals surface area contributed by atoms with E-state index in [1.807, 2.05) is 0 Å². The Labute approximate surface area is 223 Å². The summed E-state index contributed by atoms with van der Waals surface area (Å²) in [7, 11) is -4.43. The molecule has 1 aromatic carbocycles. The molecule has 1 unspecified atom stereocenters. The van der Waals surface area contributed by atoms with Crippen LogP contribution in [0.25, 0.3) is 0 Å². The highest BCUT2D eigenvalue weighted by atomic mass is 32.2. The lowest BCUT2D eigenvalue weighted by molar-refractivity contribution is -0.249. The zero-order chi connectivity index (χ0) is 29.6. The van der Waals surface area contributed by atoms with E-state index in [0.717, 1.165) is 28.6 Å². The van der Waals surface area contributed by atoms with Crippen LogP contribution in [0, 0.1) is 5.82 Å². The second kappa shape index (κ2) is 10.6. The van der Waals surface area contributed by atoms with Gasteiger partial charge in [0.2, 0.25) is 5.60 Å². The smallest absolute Gasteiger partial charge is 0.370 e. The predicted octanol–water partition coefficient (Wildman–Crippen LogP) is 3.95. The summed E-state index contributed by atoms with van der Waals surface area (Å²) < 4.78 is 123. The molecule has 4 N–H and O–H groups in total. The second-order valence-corrected chi connectivity index (χ2v) is 11.9. The summed E-state index contributed by atoms with van der Waals surface area (Å²) in [6.45, 7) is 5.13. The summed E-state index contributed by atoms with van der Waals surface area (Å²) in [5.41, 5.74) is -6.21. The molecule has 39 heavy (non-hydrogen) atoms. The first-order chi connectivity index (χ1) is 17.8. The number of hydrogen-bond donors (Lipinski definition) is 3. The quantitative estimate of drug-likeness (QED) is 0.152. The number of amidine groups is 1. The molecule has 1 saturated heterocycles. The van der Waals surface area contributed by atoms with E-state index in [1.165, 1.54) is 18.7 Å². The van der Waals surface area contributed by atoms with Gasteiger partial charge in [-0.2, -0.15) is 35.7 Å². The van der Waals surface area contributed by atoms with Crippen LogP contribution < -0.4 is 16.1 Å². The van der Waals surface area contributed by atoms with Gasteiger partial charge in [0.15, 0.2) is 0 Å². The van der Waals surface area contributed by atoms with Gasteiger partial charge in [0.1, 0.15) is 15.9 Å². The van der Waals surface area contributed by atoms with E-state index in [4.69, 9.17) is 5.84 Å². The highest BCUT2D eigenvalue weighted by Gasteiger charge is 2.58. The van der Waals surface area contributed by atoms with E-state index in [0.29, 0.717) is 6.07 Å². The number of sulfonamides is 1. The maximum Gasteiger partial charge on any atom is 0.428 e. The van der Waals surface area contributed by atoms with Crippen LogP contribution in [0.4, 0.5) is 36.4 Å². The molecule has 0 radical (unpaired) electrons. The van der Waals surface area contributed by atoms with E-state index in [9.17, 15) is 44.3 Å². The van der Waals surface area contributed by atoms with Crippen LogP contribution >= 0.6 is 11.3 Å². The van der Waals surface area contributed by atoms with Gasteiger partial charge in [0.25, 0.3) is 10.0 Å². The summed E-state index contributed by atoms with van der Waals surface area (Å²) in [6, 6.07) is 2.93. The van der Waals surface area contributed by atoms with Gasteiger partial charge in [-0.15, -0.1) is 11.3 Å². The molecule has 0 aliphatic carbocycles. The third-order valence-electron chi connectivity index (χ3n) is 6.04. The normalized spacial score (nSPS) is 19.6. The van der Waals surface area contributed by atoms with E-state index < -0.39 is 60.2 Å². The highest BCUT2D eigenvalue weighted by molar-refractivity contribution is 7.91. The van der Waals surface area contributed by atoms with Crippen LogP contribution in [0.3, 0.4) is 0 Å². The molecule has 0 amide bonds. The first-order valence-electron chi connectivity index (χ1n) is 11.1. The van der Waals surface area contributed by atoms with Gasteiger partial charge in [-0.3, -0.25) is 0 Å². The van der Waals surface area contributed by atoms with Gasteiger partial charge in [0, 0.05) is 31.4 Å². The number of aliphatic hydroxyl groups is 1. The number of hydrazone groups is 1. The molecule has 0 bridgehead atoms. The van der Waals surface area contributed by atoms with Crippen LogP contribution in [0.2, 0.25) is 0 Å². The van der Waals surface area contributed by atoms with Gasteiger partial charge in [-0.25, -0.2) is 12.8 Å². The van der Waals surface area contributed by atoms with E-state index in [-0.39, 0.29) is 42.5 Å². The number of thiophene rings is 1. The van der Waals surface area contributed by atoms with Crippen molar-refractivity contribution in [2.75, 3.05) is 24.5 Å². The second-order valence-electron chi connectivity index (χ2n) is 8.71. The van der Waals surface area contributed by atoms with Gasteiger partial charge in [-0.05, 0) is 44.2 Å². The van der Waals surface area contributed by atoms with E-state index in [1.54, 1.807) is 0 Å². The Morgan fingerprint density at radius 3 is 2.36 bits per heavy atom. The Morgan fingerprint density at radius 2 is 1.82 bits per heavy atom. The number of piperazine rings is 1. The molecule has 1 aliphatic heterocycles. The minimum atomic E-state index is -5.32. The highest BCUT2D eigenvalue weighted by Crippen LogP contribution is 2.46. The first kappa shape index (κ1) is 30.6. The molecular formula is C22H24F7N5O3S2. The Morgan fingerprint density at radius 1 is 1.18 bits per heavy atom. The number of nitrogens with zero attached hydrogens (tertiary/aromatic N) is 3. The lowest BCUT2D eigenvalue weighted by Crippen LogP contribution is -2.54. The summed E-state index contributed by atoms with van der Waals surface area (Å²) in [4.78, 5) is 0.460.